The number of carbonyl (C=O) groups excluding carboxylic acids is 2. The van der Waals surface area contributed by atoms with Gasteiger partial charge in [-0.05, 0) is 49.6 Å². The Morgan fingerprint density at radius 1 is 1.31 bits per heavy atom. The van der Waals surface area contributed by atoms with Crippen LogP contribution in [0.25, 0.3) is 5.70 Å². The van der Waals surface area contributed by atoms with E-state index in [0.29, 0.717) is 18.7 Å². The number of hydrogen-bond acceptors (Lipinski definition) is 7. The van der Waals surface area contributed by atoms with Crippen molar-refractivity contribution in [1.29, 1.82) is 0 Å². The predicted molar refractivity (Wildman–Crippen MR) is 122 cm³/mol. The molecule has 1 aromatic rings. The molecule has 8 heteroatoms. The quantitative estimate of drug-likeness (QED) is 0.364. The Hall–Kier alpha value is -3.13. The highest BCUT2D eigenvalue weighted by molar-refractivity contribution is 6.09. The molecular weight excluding hydrogens is 410 g/mol. The van der Waals surface area contributed by atoms with E-state index in [4.69, 9.17) is 19.9 Å². The van der Waals surface area contributed by atoms with Gasteiger partial charge in [0.05, 0.1) is 31.7 Å². The van der Waals surface area contributed by atoms with Crippen molar-refractivity contribution < 1.29 is 23.8 Å². The van der Waals surface area contributed by atoms with E-state index in [2.05, 4.69) is 16.9 Å². The lowest BCUT2D eigenvalue weighted by molar-refractivity contribution is -0.145. The van der Waals surface area contributed by atoms with Crippen LogP contribution in [0.5, 0.6) is 5.75 Å². The van der Waals surface area contributed by atoms with Crippen LogP contribution in [0, 0.1) is 18.8 Å². The van der Waals surface area contributed by atoms with Crippen molar-refractivity contribution in [3.63, 3.8) is 0 Å². The van der Waals surface area contributed by atoms with Crippen LogP contribution >= 0.6 is 0 Å². The molecule has 1 aromatic carbocycles. The number of nitrogens with two attached hydrogens (primary N) is 1. The molecule has 172 valence electrons. The van der Waals surface area contributed by atoms with Crippen molar-refractivity contribution in [3.8, 4) is 5.75 Å². The first kappa shape index (κ1) is 23.5. The summed E-state index contributed by atoms with van der Waals surface area (Å²) in [5, 5.41) is 2.73. The molecule has 0 bridgehead atoms. The summed E-state index contributed by atoms with van der Waals surface area (Å²) in [6.07, 6.45) is 5.29. The highest BCUT2D eigenvalue weighted by Crippen LogP contribution is 2.39. The summed E-state index contributed by atoms with van der Waals surface area (Å²) >= 11 is 0. The number of ether oxygens (including phenoxy) is 3. The highest BCUT2D eigenvalue weighted by atomic mass is 16.5. The standard InChI is InChI=1S/C24H31N3O5/c1-4-26-22(27-23(28)18-13-19(18)24(29)31-5-2)14-20(25)16-6-7-21(15(3)12-16)32-17-8-10-30-11-9-17/h4,6-7,12,14,17-19H,1,5,8-11,13,25H2,2-3H3,(H,26,27,28)/b20-14-/t18-,19-/m1/s1. The van der Waals surface area contributed by atoms with E-state index in [1.54, 1.807) is 13.0 Å². The van der Waals surface area contributed by atoms with E-state index in [-0.39, 0.29) is 23.8 Å². The average Bonchev–Trinajstić information content (AvgIpc) is 3.57. The lowest BCUT2D eigenvalue weighted by Gasteiger charge is -2.24. The van der Waals surface area contributed by atoms with Crippen LogP contribution in [0.4, 0.5) is 0 Å². The first-order valence-electron chi connectivity index (χ1n) is 10.9. The molecule has 1 saturated carbocycles. The molecule has 0 unspecified atom stereocenters. The Morgan fingerprint density at radius 3 is 2.72 bits per heavy atom. The number of rotatable bonds is 8. The van der Waals surface area contributed by atoms with E-state index >= 15 is 0 Å². The fourth-order valence-electron chi connectivity index (χ4n) is 3.58. The summed E-state index contributed by atoms with van der Waals surface area (Å²) in [6, 6.07) is 5.71. The largest absolute Gasteiger partial charge is 0.490 e. The molecule has 0 aromatic heterocycles. The molecule has 1 saturated heterocycles. The Labute approximate surface area is 188 Å². The van der Waals surface area contributed by atoms with Gasteiger partial charge in [0.15, 0.2) is 0 Å². The molecule has 32 heavy (non-hydrogen) atoms. The molecule has 0 radical (unpaired) electrons. The molecule has 1 heterocycles. The minimum Gasteiger partial charge on any atom is -0.490 e. The Bertz CT molecular complexity index is 918. The van der Waals surface area contributed by atoms with Crippen molar-refractivity contribution in [2.45, 2.75) is 39.2 Å². The van der Waals surface area contributed by atoms with E-state index in [0.717, 1.165) is 42.9 Å². The second-order valence-corrected chi connectivity index (χ2v) is 7.90. The molecule has 1 aliphatic heterocycles. The molecule has 3 rings (SSSR count). The smallest absolute Gasteiger partial charge is 0.309 e. The van der Waals surface area contributed by atoms with Crippen LogP contribution in [0.2, 0.25) is 0 Å². The maximum atomic E-state index is 12.5. The van der Waals surface area contributed by atoms with E-state index < -0.39 is 11.8 Å². The SMILES string of the molecule is C=CN=C(/C=C(\N)c1ccc(OC2CCOCC2)c(C)c1)NC(=O)[C@@H]1C[C@H]1C(=O)OCC. The van der Waals surface area contributed by atoms with Gasteiger partial charge in [0, 0.05) is 30.8 Å². The Morgan fingerprint density at radius 2 is 2.06 bits per heavy atom. The number of aliphatic imine (C=N–C) groups is 1. The van der Waals surface area contributed by atoms with Gasteiger partial charge in [-0.3, -0.25) is 9.59 Å². The second-order valence-electron chi connectivity index (χ2n) is 7.90. The van der Waals surface area contributed by atoms with Gasteiger partial charge in [-0.15, -0.1) is 0 Å². The number of esters is 1. The van der Waals surface area contributed by atoms with Crippen LogP contribution in [0.1, 0.15) is 37.3 Å². The summed E-state index contributed by atoms with van der Waals surface area (Å²) in [5.74, 6) is -0.361. The van der Waals surface area contributed by atoms with Crippen molar-refractivity contribution in [2.75, 3.05) is 19.8 Å². The van der Waals surface area contributed by atoms with Gasteiger partial charge in [0.1, 0.15) is 17.7 Å². The first-order valence-corrected chi connectivity index (χ1v) is 10.9. The van der Waals surface area contributed by atoms with Crippen molar-refractivity contribution in [1.82, 2.24) is 5.32 Å². The van der Waals surface area contributed by atoms with Crippen molar-refractivity contribution >= 4 is 23.4 Å². The van der Waals surface area contributed by atoms with Gasteiger partial charge >= 0.3 is 5.97 Å². The zero-order valence-corrected chi connectivity index (χ0v) is 18.6. The third kappa shape index (κ3) is 6.20. The maximum absolute atomic E-state index is 12.5. The summed E-state index contributed by atoms with van der Waals surface area (Å²) in [5.41, 5.74) is 8.46. The summed E-state index contributed by atoms with van der Waals surface area (Å²) in [4.78, 5) is 28.4. The van der Waals surface area contributed by atoms with Gasteiger partial charge in [-0.1, -0.05) is 6.58 Å². The average molecular weight is 442 g/mol. The number of benzene rings is 1. The normalized spacial score (nSPS) is 21.6. The number of hydrogen-bond donors (Lipinski definition) is 2. The number of amides is 1. The minimum absolute atomic E-state index is 0.156. The number of carbonyl (C=O) groups is 2. The molecule has 1 amide bonds. The predicted octanol–water partition coefficient (Wildman–Crippen LogP) is 2.71. The fraction of sp³-hybridized carbons (Fsp3) is 0.458. The van der Waals surface area contributed by atoms with Crippen LogP contribution in [-0.4, -0.2) is 43.6 Å². The summed E-state index contributed by atoms with van der Waals surface area (Å²) < 4.78 is 16.5. The summed E-state index contributed by atoms with van der Waals surface area (Å²) in [6.45, 7) is 9.03. The zero-order chi connectivity index (χ0) is 23.1. The zero-order valence-electron chi connectivity index (χ0n) is 18.6. The van der Waals surface area contributed by atoms with E-state index in [1.807, 2.05) is 25.1 Å². The molecule has 0 spiro atoms. The fourth-order valence-corrected chi connectivity index (χ4v) is 3.58. The van der Waals surface area contributed by atoms with Crippen molar-refractivity contribution in [3.05, 3.63) is 48.2 Å². The van der Waals surface area contributed by atoms with E-state index in [1.165, 1.54) is 6.20 Å². The van der Waals surface area contributed by atoms with Gasteiger partial charge < -0.3 is 25.3 Å². The molecule has 8 nitrogen and oxygen atoms in total. The van der Waals surface area contributed by atoms with Gasteiger partial charge in [-0.2, -0.15) is 0 Å². The maximum Gasteiger partial charge on any atom is 0.309 e. The molecular formula is C24H31N3O5. The summed E-state index contributed by atoms with van der Waals surface area (Å²) in [7, 11) is 0. The number of aryl methyl sites for hydroxylation is 1. The van der Waals surface area contributed by atoms with Crippen LogP contribution in [0.15, 0.2) is 42.0 Å². The monoisotopic (exact) mass is 441 g/mol. The molecule has 2 fully saturated rings. The molecule has 2 atom stereocenters. The van der Waals surface area contributed by atoms with Gasteiger partial charge in [0.25, 0.3) is 0 Å². The number of amidine groups is 1. The molecule has 3 N–H and O–H groups in total. The van der Waals surface area contributed by atoms with Crippen LogP contribution < -0.4 is 15.8 Å². The number of nitrogens with one attached hydrogen (secondary N) is 1. The lowest BCUT2D eigenvalue weighted by Crippen LogP contribution is -2.32. The molecule has 1 aliphatic carbocycles. The van der Waals surface area contributed by atoms with Crippen LogP contribution in [0.3, 0.4) is 0 Å². The lowest BCUT2D eigenvalue weighted by atomic mass is 10.1. The third-order valence-electron chi connectivity index (χ3n) is 5.46. The van der Waals surface area contributed by atoms with Crippen molar-refractivity contribution in [2.24, 2.45) is 22.6 Å². The molecule has 2 aliphatic rings. The van der Waals surface area contributed by atoms with Gasteiger partial charge in [0.2, 0.25) is 5.91 Å². The first-order chi connectivity index (χ1) is 15.4. The Kier molecular flexibility index (Phi) is 8.05. The Balaban J connectivity index is 1.65. The highest BCUT2D eigenvalue weighted by Gasteiger charge is 2.49. The second kappa shape index (κ2) is 10.9. The van der Waals surface area contributed by atoms with E-state index in [9.17, 15) is 9.59 Å². The topological polar surface area (TPSA) is 112 Å². The minimum atomic E-state index is -0.414. The third-order valence-corrected chi connectivity index (χ3v) is 5.46. The van der Waals surface area contributed by atoms with Gasteiger partial charge in [-0.25, -0.2) is 4.99 Å². The van der Waals surface area contributed by atoms with Crippen LogP contribution in [-0.2, 0) is 19.1 Å². The number of nitrogens with zero attached hydrogens (tertiary/aromatic N) is 1.